The minimum atomic E-state index is -0.821. The van der Waals surface area contributed by atoms with Crippen molar-refractivity contribution >= 4 is 36.6 Å². The predicted molar refractivity (Wildman–Crippen MR) is 319 cm³/mol. The maximum Gasteiger partial charge on any atom is 0.410 e. The molecule has 0 saturated heterocycles. The van der Waals surface area contributed by atoms with Gasteiger partial charge in [-0.3, -0.25) is 0 Å². The van der Waals surface area contributed by atoms with Gasteiger partial charge in [-0.05, 0) is 175 Å². The molecule has 81 heavy (non-hydrogen) atoms. The van der Waals surface area contributed by atoms with E-state index in [2.05, 4.69) is 6.92 Å². The van der Waals surface area contributed by atoms with E-state index in [1.165, 1.54) is 9.80 Å². The molecule has 0 heterocycles. The molecule has 19 nitrogen and oxygen atoms in total. The summed E-state index contributed by atoms with van der Waals surface area (Å²) >= 11 is 0. The zero-order chi connectivity index (χ0) is 62.0. The summed E-state index contributed by atoms with van der Waals surface area (Å²) in [6.45, 7) is 38.1. The molecule has 1 unspecified atom stereocenters. The average Bonchev–Trinajstić information content (AvgIpc) is 3.29. The van der Waals surface area contributed by atoms with Gasteiger partial charge in [-0.15, -0.1) is 0 Å². The summed E-state index contributed by atoms with van der Waals surface area (Å²) < 4.78 is 41.8. The minimum absolute atomic E-state index is 0.177. The van der Waals surface area contributed by atoms with E-state index in [-0.39, 0.29) is 26.2 Å². The molecule has 0 aliphatic heterocycles. The Morgan fingerprint density at radius 2 is 0.679 bits per heavy atom. The number of benzene rings is 1. The van der Waals surface area contributed by atoms with Crippen molar-refractivity contribution in [2.24, 2.45) is 5.92 Å². The Labute approximate surface area is 489 Å². The van der Waals surface area contributed by atoms with Crippen LogP contribution >= 0.6 is 0 Å². The lowest BCUT2D eigenvalue weighted by atomic mass is 9.95. The summed E-state index contributed by atoms with van der Waals surface area (Å²) in [6.07, 6.45) is 3.16. The number of hydrogen-bond donors (Lipinski definition) is 0. The molecule has 0 N–H and O–H groups in total. The van der Waals surface area contributed by atoms with Crippen molar-refractivity contribution in [3.05, 3.63) is 35.9 Å². The SMILES string of the molecule is CCCCCC(OCc1ccccc1)C(CN(CCCCN(CCCN(C)C(=O)OC(C)(C)C)C(=O)OC(C)(C)C)C(=O)OC(C)(C)C)CN(CCCCN(CCCN(C)C(=O)OC(C)(C)C)C(=O)OC(C)(C)C)C(=O)OC(C)(C)C. The normalized spacial score (nSPS) is 12.7. The first-order valence-corrected chi connectivity index (χ1v) is 29.6. The van der Waals surface area contributed by atoms with Crippen molar-refractivity contribution in [3.63, 3.8) is 0 Å². The van der Waals surface area contributed by atoms with Crippen LogP contribution in [-0.4, -0.2) is 185 Å². The molecule has 19 heteroatoms. The largest absolute Gasteiger partial charge is 0.444 e. The van der Waals surface area contributed by atoms with Gasteiger partial charge in [0.25, 0.3) is 0 Å². The lowest BCUT2D eigenvalue weighted by Crippen LogP contribution is -2.49. The van der Waals surface area contributed by atoms with Gasteiger partial charge in [0, 0.05) is 85.5 Å². The topological polar surface area (TPSA) is 186 Å². The molecule has 6 amide bonds. The second-order valence-corrected chi connectivity index (χ2v) is 27.3. The first kappa shape index (κ1) is 73.8. The molecule has 0 aliphatic rings. The van der Waals surface area contributed by atoms with Gasteiger partial charge >= 0.3 is 36.6 Å². The lowest BCUT2D eigenvalue weighted by molar-refractivity contribution is -0.0352. The minimum Gasteiger partial charge on any atom is -0.444 e. The number of hydrogen-bond acceptors (Lipinski definition) is 13. The number of unbranched alkanes of at least 4 members (excludes halogenated alkanes) is 4. The van der Waals surface area contributed by atoms with Crippen molar-refractivity contribution in [2.75, 3.05) is 79.5 Å². The Hall–Kier alpha value is -5.20. The van der Waals surface area contributed by atoms with Crippen LogP contribution < -0.4 is 0 Å². The van der Waals surface area contributed by atoms with Crippen LogP contribution in [0.3, 0.4) is 0 Å². The van der Waals surface area contributed by atoms with Gasteiger partial charge in [-0.2, -0.15) is 0 Å². The fraction of sp³-hybridized carbons (Fsp3) is 0.806. The second-order valence-electron chi connectivity index (χ2n) is 27.3. The highest BCUT2D eigenvalue weighted by Crippen LogP contribution is 2.25. The van der Waals surface area contributed by atoms with Crippen molar-refractivity contribution in [1.29, 1.82) is 0 Å². The Kier molecular flexibility index (Phi) is 31.4. The smallest absolute Gasteiger partial charge is 0.410 e. The third kappa shape index (κ3) is 36.1. The number of nitrogens with zero attached hydrogens (tertiary/aromatic N) is 6. The van der Waals surface area contributed by atoms with Gasteiger partial charge in [0.15, 0.2) is 0 Å². The molecule has 0 bridgehead atoms. The van der Waals surface area contributed by atoms with E-state index in [0.29, 0.717) is 90.8 Å². The highest BCUT2D eigenvalue weighted by atomic mass is 16.6. The van der Waals surface area contributed by atoms with Crippen molar-refractivity contribution in [2.45, 2.75) is 242 Å². The number of rotatable bonds is 30. The molecule has 1 aromatic rings. The Morgan fingerprint density at radius 1 is 0.383 bits per heavy atom. The van der Waals surface area contributed by atoms with E-state index in [1.54, 1.807) is 33.7 Å². The molecule has 0 radical (unpaired) electrons. The number of carbonyl (C=O) groups is 6. The maximum atomic E-state index is 14.5. The third-order valence-corrected chi connectivity index (χ3v) is 11.9. The first-order chi connectivity index (χ1) is 37.2. The zero-order valence-electron chi connectivity index (χ0n) is 54.4. The molecule has 0 saturated carbocycles. The fourth-order valence-electron chi connectivity index (χ4n) is 8.17. The van der Waals surface area contributed by atoms with Gasteiger partial charge in [0.05, 0.1) is 12.7 Å². The monoisotopic (exact) mass is 1150 g/mol. The quantitative estimate of drug-likeness (QED) is 0.0524. The first-order valence-electron chi connectivity index (χ1n) is 29.6. The van der Waals surface area contributed by atoms with Crippen LogP contribution in [0.15, 0.2) is 30.3 Å². The summed E-state index contributed by atoms with van der Waals surface area (Å²) in [6, 6.07) is 9.92. The summed E-state index contributed by atoms with van der Waals surface area (Å²) in [5, 5.41) is 0. The summed E-state index contributed by atoms with van der Waals surface area (Å²) in [5.41, 5.74) is -3.42. The van der Waals surface area contributed by atoms with Crippen LogP contribution in [0.1, 0.15) is 201 Å². The van der Waals surface area contributed by atoms with Crippen LogP contribution in [0.2, 0.25) is 0 Å². The van der Waals surface area contributed by atoms with Gasteiger partial charge in [0.2, 0.25) is 0 Å². The summed E-state index contributed by atoms with van der Waals surface area (Å²) in [5.74, 6) is -0.425. The lowest BCUT2D eigenvalue weighted by Gasteiger charge is -2.37. The molecule has 0 aromatic heterocycles. The molecule has 468 valence electrons. The predicted octanol–water partition coefficient (Wildman–Crippen LogP) is 13.8. The molecule has 0 fully saturated rings. The summed E-state index contributed by atoms with van der Waals surface area (Å²) in [7, 11) is 3.34. The van der Waals surface area contributed by atoms with Gasteiger partial charge < -0.3 is 62.6 Å². The zero-order valence-corrected chi connectivity index (χ0v) is 54.4. The summed E-state index contributed by atoms with van der Waals surface area (Å²) in [4.78, 5) is 91.4. The van der Waals surface area contributed by atoms with E-state index < -0.39 is 82.2 Å². The van der Waals surface area contributed by atoms with Crippen LogP contribution in [0.5, 0.6) is 0 Å². The molecular formula is C62H112N6O13. The highest BCUT2D eigenvalue weighted by molar-refractivity contribution is 5.70. The van der Waals surface area contributed by atoms with Crippen molar-refractivity contribution in [3.8, 4) is 0 Å². The van der Waals surface area contributed by atoms with E-state index in [1.807, 2.05) is 155 Å². The standard InChI is InChI=1S/C62H112N6O13/c1-22-23-25-36-50(75-47-48-34-26-24-27-35-48)49(45-67(55(73)80-61(14,15)16)41-30-28-39-65(53(71)78-59(8,9)10)43-32-37-63(20)51(69)76-57(2,3)4)46-68(56(74)81-62(17,18)19)42-31-29-40-66(54(72)79-60(11,12)13)44-33-38-64(21)52(70)77-58(5,6)7/h24,26-27,34-35,49-50H,22-23,25,28-33,36-47H2,1-21H3. The third-order valence-electron chi connectivity index (χ3n) is 11.9. The van der Waals surface area contributed by atoms with Crippen LogP contribution in [-0.2, 0) is 39.8 Å². The molecule has 1 atom stereocenters. The van der Waals surface area contributed by atoms with Gasteiger partial charge in [-0.25, -0.2) is 28.8 Å². The Bertz CT molecular complexity index is 1900. The van der Waals surface area contributed by atoms with E-state index >= 15 is 0 Å². The van der Waals surface area contributed by atoms with E-state index in [4.69, 9.17) is 33.2 Å². The van der Waals surface area contributed by atoms with Crippen LogP contribution in [0.4, 0.5) is 28.8 Å². The number of amides is 6. The molecule has 0 aliphatic carbocycles. The van der Waals surface area contributed by atoms with Gasteiger partial charge in [-0.1, -0.05) is 56.5 Å². The Balaban J connectivity index is 3.72. The average molecular weight is 1150 g/mol. The molecule has 0 spiro atoms. The molecular weight excluding hydrogens is 1040 g/mol. The number of carbonyl (C=O) groups excluding carboxylic acids is 6. The van der Waals surface area contributed by atoms with Crippen LogP contribution in [0, 0.1) is 5.92 Å². The maximum absolute atomic E-state index is 14.5. The highest BCUT2D eigenvalue weighted by Gasteiger charge is 2.34. The second kappa shape index (κ2) is 34.4. The van der Waals surface area contributed by atoms with Crippen LogP contribution in [0.25, 0.3) is 0 Å². The van der Waals surface area contributed by atoms with E-state index in [9.17, 15) is 28.8 Å². The van der Waals surface area contributed by atoms with E-state index in [0.717, 1.165) is 24.8 Å². The Morgan fingerprint density at radius 3 is 1.00 bits per heavy atom. The van der Waals surface area contributed by atoms with Crippen molar-refractivity contribution < 1.29 is 61.9 Å². The molecule has 1 aromatic carbocycles. The molecule has 1 rings (SSSR count). The fourth-order valence-corrected chi connectivity index (χ4v) is 8.17. The van der Waals surface area contributed by atoms with Gasteiger partial charge in [0.1, 0.15) is 33.6 Å². The number of ether oxygens (including phenoxy) is 7. The van der Waals surface area contributed by atoms with Crippen molar-refractivity contribution in [1.82, 2.24) is 29.4 Å².